The van der Waals surface area contributed by atoms with E-state index in [9.17, 15) is 30.4 Å². The molecule has 0 aromatic heterocycles. The van der Waals surface area contributed by atoms with E-state index in [0.717, 1.165) is 42.5 Å². The third kappa shape index (κ3) is 3.48. The van der Waals surface area contributed by atoms with Gasteiger partial charge in [-0.15, -0.1) is 0 Å². The molecule has 0 aliphatic carbocycles. The average Bonchev–Trinajstić information content (AvgIpc) is 2.64. The van der Waals surface area contributed by atoms with Crippen molar-refractivity contribution in [3.05, 3.63) is 76.6 Å². The molecule has 0 bridgehead atoms. The number of halogens is 6. The molecule has 146 valence electrons. The van der Waals surface area contributed by atoms with E-state index in [2.05, 4.69) is 0 Å². The van der Waals surface area contributed by atoms with E-state index in [0.29, 0.717) is 0 Å². The van der Waals surface area contributed by atoms with Crippen LogP contribution in [0, 0.1) is 29.1 Å². The summed E-state index contributed by atoms with van der Waals surface area (Å²) in [7, 11) is -4.07. The van der Waals surface area contributed by atoms with Gasteiger partial charge in [-0.1, -0.05) is 29.8 Å². The molecule has 0 heterocycles. The van der Waals surface area contributed by atoms with E-state index in [-0.39, 0.29) is 21.0 Å². The number of sulfonamides is 1. The van der Waals surface area contributed by atoms with Crippen molar-refractivity contribution >= 4 is 21.6 Å². The first-order valence-electron chi connectivity index (χ1n) is 7.47. The topological polar surface area (TPSA) is 60.2 Å². The maximum atomic E-state index is 14.5. The van der Waals surface area contributed by atoms with Crippen LogP contribution in [-0.4, -0.2) is 8.42 Å². The van der Waals surface area contributed by atoms with Gasteiger partial charge in [0.25, 0.3) is 0 Å². The summed E-state index contributed by atoms with van der Waals surface area (Å²) in [4.78, 5) is -0.334. The van der Waals surface area contributed by atoms with Gasteiger partial charge in [-0.05, 0) is 35.4 Å². The summed E-state index contributed by atoms with van der Waals surface area (Å²) in [6, 6.07) is 6.90. The van der Waals surface area contributed by atoms with Gasteiger partial charge in [0.1, 0.15) is 5.82 Å². The Morgan fingerprint density at radius 1 is 0.714 bits per heavy atom. The predicted molar refractivity (Wildman–Crippen MR) is 93.5 cm³/mol. The molecule has 3 aromatic carbocycles. The van der Waals surface area contributed by atoms with Crippen LogP contribution < -0.4 is 5.14 Å². The van der Waals surface area contributed by atoms with Gasteiger partial charge in [0.05, 0.1) is 9.92 Å². The number of hydrogen-bond acceptors (Lipinski definition) is 2. The van der Waals surface area contributed by atoms with Crippen LogP contribution in [0.5, 0.6) is 0 Å². The van der Waals surface area contributed by atoms with Gasteiger partial charge in [-0.3, -0.25) is 0 Å². The molecule has 0 saturated carbocycles. The van der Waals surface area contributed by atoms with Crippen LogP contribution in [0.4, 0.5) is 22.0 Å². The third-order valence-electron chi connectivity index (χ3n) is 3.95. The van der Waals surface area contributed by atoms with Crippen LogP contribution in [0.1, 0.15) is 0 Å². The molecule has 0 aliphatic rings. The maximum absolute atomic E-state index is 14.5. The molecule has 28 heavy (non-hydrogen) atoms. The average molecular weight is 434 g/mol. The lowest BCUT2D eigenvalue weighted by atomic mass is 9.93. The summed E-state index contributed by atoms with van der Waals surface area (Å²) in [5.41, 5.74) is -1.97. The van der Waals surface area contributed by atoms with Gasteiger partial charge in [0.15, 0.2) is 23.3 Å². The van der Waals surface area contributed by atoms with Crippen molar-refractivity contribution in [1.82, 2.24) is 0 Å². The summed E-state index contributed by atoms with van der Waals surface area (Å²) < 4.78 is 93.2. The first-order chi connectivity index (χ1) is 13.0. The number of primary sulfonamides is 1. The fraction of sp³-hybridized carbons (Fsp3) is 0. The normalized spacial score (nSPS) is 11.7. The van der Waals surface area contributed by atoms with E-state index >= 15 is 0 Å². The van der Waals surface area contributed by atoms with Crippen LogP contribution in [0.25, 0.3) is 22.3 Å². The lowest BCUT2D eigenvalue weighted by molar-refractivity contribution is 0.412. The maximum Gasteiger partial charge on any atom is 0.238 e. The van der Waals surface area contributed by atoms with Gasteiger partial charge in [0.2, 0.25) is 10.0 Å². The lowest BCUT2D eigenvalue weighted by Crippen LogP contribution is -2.11. The predicted octanol–water partition coefficient (Wildman–Crippen LogP) is 5.02. The Hall–Kier alpha value is -2.49. The minimum Gasteiger partial charge on any atom is -0.225 e. The smallest absolute Gasteiger partial charge is 0.225 e. The Kier molecular flexibility index (Phi) is 5.18. The molecule has 0 amide bonds. The second-order valence-electron chi connectivity index (χ2n) is 5.70. The summed E-state index contributed by atoms with van der Waals surface area (Å²) in [6.07, 6.45) is 0. The Balaban J connectivity index is 2.35. The third-order valence-corrected chi connectivity index (χ3v) is 5.18. The Labute approximate surface area is 161 Å². The van der Waals surface area contributed by atoms with Crippen LogP contribution >= 0.6 is 11.6 Å². The zero-order valence-electron chi connectivity index (χ0n) is 13.6. The van der Waals surface area contributed by atoms with Crippen molar-refractivity contribution in [3.63, 3.8) is 0 Å². The molecule has 10 heteroatoms. The van der Waals surface area contributed by atoms with E-state index in [1.165, 1.54) is 0 Å². The Morgan fingerprint density at radius 3 is 1.64 bits per heavy atom. The lowest BCUT2D eigenvalue weighted by Gasteiger charge is -2.15. The van der Waals surface area contributed by atoms with Crippen LogP contribution in [-0.2, 0) is 10.0 Å². The molecule has 0 saturated heterocycles. The molecule has 3 aromatic rings. The number of hydrogen-bond donors (Lipinski definition) is 1. The number of rotatable bonds is 3. The van der Waals surface area contributed by atoms with Crippen molar-refractivity contribution in [3.8, 4) is 22.3 Å². The van der Waals surface area contributed by atoms with Crippen LogP contribution in [0.2, 0.25) is 5.02 Å². The van der Waals surface area contributed by atoms with E-state index < -0.39 is 50.2 Å². The molecule has 0 unspecified atom stereocenters. The number of nitrogens with two attached hydrogens (primary N) is 1. The molecule has 0 radical (unpaired) electrons. The largest absolute Gasteiger partial charge is 0.238 e. The highest BCUT2D eigenvalue weighted by molar-refractivity contribution is 7.89. The molecule has 3 nitrogen and oxygen atoms in total. The second kappa shape index (κ2) is 7.16. The molecule has 0 spiro atoms. The zero-order valence-corrected chi connectivity index (χ0v) is 15.2. The molecule has 0 atom stereocenters. The summed E-state index contributed by atoms with van der Waals surface area (Å²) in [5, 5.41) is 4.66. The van der Waals surface area contributed by atoms with Gasteiger partial charge >= 0.3 is 0 Å². The minimum atomic E-state index is -4.07. The van der Waals surface area contributed by atoms with Crippen molar-refractivity contribution in [2.24, 2.45) is 5.14 Å². The van der Waals surface area contributed by atoms with E-state index in [1.807, 2.05) is 0 Å². The quantitative estimate of drug-likeness (QED) is 0.358. The fourth-order valence-electron chi connectivity index (χ4n) is 2.64. The van der Waals surface area contributed by atoms with Crippen molar-refractivity contribution in [2.75, 3.05) is 0 Å². The van der Waals surface area contributed by atoms with Crippen molar-refractivity contribution in [1.29, 1.82) is 0 Å². The summed E-state index contributed by atoms with van der Waals surface area (Å²) in [6.45, 7) is 0. The highest BCUT2D eigenvalue weighted by atomic mass is 35.5. The van der Waals surface area contributed by atoms with Gasteiger partial charge in [0, 0.05) is 11.1 Å². The van der Waals surface area contributed by atoms with Crippen LogP contribution in [0.3, 0.4) is 0 Å². The molecule has 2 N–H and O–H groups in total. The molecular weight excluding hydrogens is 425 g/mol. The van der Waals surface area contributed by atoms with E-state index in [4.69, 9.17) is 16.7 Å². The Bertz CT molecular complexity index is 1200. The zero-order chi connectivity index (χ0) is 20.8. The highest BCUT2D eigenvalue weighted by Crippen LogP contribution is 2.40. The molecule has 0 fully saturated rings. The minimum absolute atomic E-state index is 0.187. The standard InChI is InChI=1S/C18H9ClF5NO2S/c19-11-6-3-9(7-12(11)20)14-13(15(21)17(23)18(24)16(14)22)8-1-4-10(5-2-8)28(25,26)27/h1-7H,(H2,25,26,27). The van der Waals surface area contributed by atoms with Gasteiger partial charge in [-0.25, -0.2) is 35.5 Å². The van der Waals surface area contributed by atoms with Gasteiger partial charge in [-0.2, -0.15) is 0 Å². The SMILES string of the molecule is NS(=O)(=O)c1ccc(-c2c(F)c(F)c(F)c(F)c2-c2ccc(Cl)c(F)c2)cc1. The van der Waals surface area contributed by atoms with Crippen molar-refractivity contribution < 1.29 is 30.4 Å². The molecular formula is C18H9ClF5NO2S. The molecule has 0 aliphatic heterocycles. The van der Waals surface area contributed by atoms with E-state index in [1.54, 1.807) is 0 Å². The number of benzene rings is 3. The van der Waals surface area contributed by atoms with Gasteiger partial charge < -0.3 is 0 Å². The van der Waals surface area contributed by atoms with Crippen LogP contribution in [0.15, 0.2) is 47.4 Å². The monoisotopic (exact) mass is 433 g/mol. The summed E-state index contributed by atoms with van der Waals surface area (Å²) >= 11 is 5.57. The molecule has 3 rings (SSSR count). The first-order valence-corrected chi connectivity index (χ1v) is 9.39. The Morgan fingerprint density at radius 2 is 1.18 bits per heavy atom. The highest BCUT2D eigenvalue weighted by Gasteiger charge is 2.27. The van der Waals surface area contributed by atoms with Crippen molar-refractivity contribution in [2.45, 2.75) is 4.90 Å². The first kappa shape index (κ1) is 20.2. The second-order valence-corrected chi connectivity index (χ2v) is 7.67. The summed E-state index contributed by atoms with van der Waals surface area (Å²) in [5.74, 6) is -8.60. The fourth-order valence-corrected chi connectivity index (χ4v) is 3.27.